The molecule has 1 heterocycles. The van der Waals surface area contributed by atoms with Crippen LogP contribution in [0.4, 0.5) is 4.39 Å². The zero-order valence-electron chi connectivity index (χ0n) is 16.1. The van der Waals surface area contributed by atoms with Gasteiger partial charge in [-0.25, -0.2) is 4.39 Å². The van der Waals surface area contributed by atoms with Crippen molar-refractivity contribution in [3.8, 4) is 5.75 Å². The zero-order chi connectivity index (χ0) is 18.6. The number of nitrogens with one attached hydrogen (secondary N) is 2. The van der Waals surface area contributed by atoms with Gasteiger partial charge in [-0.2, -0.15) is 0 Å². The largest absolute Gasteiger partial charge is 0.486 e. The number of para-hydroxylation sites is 1. The van der Waals surface area contributed by atoms with Crippen molar-refractivity contribution in [2.45, 2.75) is 38.4 Å². The first-order chi connectivity index (χ1) is 12.7. The molecule has 0 saturated carbocycles. The summed E-state index contributed by atoms with van der Waals surface area (Å²) in [5, 5.41) is 6.40. The number of rotatable bonds is 10. The van der Waals surface area contributed by atoms with Crippen molar-refractivity contribution in [1.82, 2.24) is 10.6 Å². The number of hydrogen-bond donors (Lipinski definition) is 2. The molecule has 0 aliphatic carbocycles. The van der Waals surface area contributed by atoms with Crippen LogP contribution in [0.3, 0.4) is 0 Å². The topological polar surface area (TPSA) is 64.1 Å². The van der Waals surface area contributed by atoms with Gasteiger partial charge in [-0.1, -0.05) is 12.1 Å². The molecule has 154 valence electrons. The second-order valence-corrected chi connectivity index (χ2v) is 6.30. The van der Waals surface area contributed by atoms with E-state index in [1.165, 1.54) is 6.07 Å². The number of aliphatic imine (C=N–C) groups is 1. The average Bonchev–Trinajstić information content (AvgIpc) is 3.16. The Hall–Kier alpha value is -1.13. The Morgan fingerprint density at radius 1 is 1.37 bits per heavy atom. The summed E-state index contributed by atoms with van der Waals surface area (Å²) < 4.78 is 30.3. The molecule has 2 atom stereocenters. The molecule has 0 bridgehead atoms. The van der Waals surface area contributed by atoms with Gasteiger partial charge in [0.05, 0.1) is 19.3 Å². The van der Waals surface area contributed by atoms with Crippen LogP contribution in [0.25, 0.3) is 0 Å². The first kappa shape index (κ1) is 23.9. The molecule has 0 radical (unpaired) electrons. The van der Waals surface area contributed by atoms with E-state index in [2.05, 4.69) is 15.6 Å². The minimum absolute atomic E-state index is 0. The van der Waals surface area contributed by atoms with Crippen LogP contribution in [0.15, 0.2) is 29.3 Å². The van der Waals surface area contributed by atoms with Crippen molar-refractivity contribution in [2.75, 3.05) is 40.0 Å². The predicted molar refractivity (Wildman–Crippen MR) is 116 cm³/mol. The van der Waals surface area contributed by atoms with Crippen LogP contribution in [-0.2, 0) is 9.47 Å². The monoisotopic (exact) mass is 495 g/mol. The fraction of sp³-hybridized carbons (Fsp3) is 0.632. The third-order valence-electron chi connectivity index (χ3n) is 4.03. The van der Waals surface area contributed by atoms with Crippen LogP contribution < -0.4 is 15.4 Å². The van der Waals surface area contributed by atoms with Gasteiger partial charge in [0.15, 0.2) is 17.5 Å². The summed E-state index contributed by atoms with van der Waals surface area (Å²) in [4.78, 5) is 4.17. The second kappa shape index (κ2) is 14.0. The van der Waals surface area contributed by atoms with Gasteiger partial charge < -0.3 is 24.8 Å². The molecule has 1 saturated heterocycles. The molecule has 1 aliphatic heterocycles. The number of nitrogens with zero attached hydrogens (tertiary/aromatic N) is 1. The van der Waals surface area contributed by atoms with E-state index in [0.717, 1.165) is 32.4 Å². The summed E-state index contributed by atoms with van der Waals surface area (Å²) >= 11 is 0. The Balaban J connectivity index is 0.00000364. The highest BCUT2D eigenvalue weighted by Crippen LogP contribution is 2.16. The van der Waals surface area contributed by atoms with Gasteiger partial charge in [0.2, 0.25) is 0 Å². The van der Waals surface area contributed by atoms with Crippen LogP contribution in [0.2, 0.25) is 0 Å². The molecule has 8 heteroatoms. The molecule has 1 aromatic carbocycles. The lowest BCUT2D eigenvalue weighted by atomic mass is 10.2. The maximum atomic E-state index is 13.6. The summed E-state index contributed by atoms with van der Waals surface area (Å²) in [6.07, 6.45) is 3.20. The van der Waals surface area contributed by atoms with Crippen LogP contribution in [0.1, 0.15) is 26.2 Å². The van der Waals surface area contributed by atoms with E-state index < -0.39 is 0 Å². The van der Waals surface area contributed by atoms with E-state index in [0.29, 0.717) is 25.7 Å². The predicted octanol–water partition coefficient (Wildman–Crippen LogP) is 2.96. The van der Waals surface area contributed by atoms with Gasteiger partial charge >= 0.3 is 0 Å². The Morgan fingerprint density at radius 2 is 2.19 bits per heavy atom. The van der Waals surface area contributed by atoms with Crippen molar-refractivity contribution in [1.29, 1.82) is 0 Å². The van der Waals surface area contributed by atoms with Crippen molar-refractivity contribution in [3.05, 3.63) is 30.1 Å². The first-order valence-corrected chi connectivity index (χ1v) is 9.24. The van der Waals surface area contributed by atoms with Crippen molar-refractivity contribution in [2.24, 2.45) is 4.99 Å². The third-order valence-corrected chi connectivity index (χ3v) is 4.03. The summed E-state index contributed by atoms with van der Waals surface area (Å²) in [6, 6.07) is 6.40. The van der Waals surface area contributed by atoms with Crippen molar-refractivity contribution in [3.63, 3.8) is 0 Å². The van der Waals surface area contributed by atoms with Gasteiger partial charge in [-0.15, -0.1) is 24.0 Å². The van der Waals surface area contributed by atoms with Gasteiger partial charge in [0.25, 0.3) is 0 Å². The second-order valence-electron chi connectivity index (χ2n) is 6.30. The van der Waals surface area contributed by atoms with E-state index in [-0.39, 0.29) is 47.8 Å². The molecule has 1 fully saturated rings. The summed E-state index contributed by atoms with van der Waals surface area (Å²) in [7, 11) is 1.71. The number of benzene rings is 1. The summed E-state index contributed by atoms with van der Waals surface area (Å²) in [6.45, 7) is 5.38. The molecule has 0 aromatic heterocycles. The minimum Gasteiger partial charge on any atom is -0.486 e. The zero-order valence-corrected chi connectivity index (χ0v) is 18.4. The number of ether oxygens (including phenoxy) is 3. The Morgan fingerprint density at radius 3 is 2.89 bits per heavy atom. The Labute approximate surface area is 178 Å². The van der Waals surface area contributed by atoms with Gasteiger partial charge in [0.1, 0.15) is 6.10 Å². The lowest BCUT2D eigenvalue weighted by Crippen LogP contribution is -2.42. The van der Waals surface area contributed by atoms with E-state index in [1.54, 1.807) is 25.2 Å². The maximum absolute atomic E-state index is 13.6. The Kier molecular flexibility index (Phi) is 12.4. The van der Waals surface area contributed by atoms with E-state index in [4.69, 9.17) is 14.2 Å². The molecule has 0 amide bonds. The van der Waals surface area contributed by atoms with Crippen LogP contribution in [0.5, 0.6) is 5.75 Å². The molecule has 6 nitrogen and oxygen atoms in total. The minimum atomic E-state index is -0.357. The lowest BCUT2D eigenvalue weighted by Gasteiger charge is -2.18. The third kappa shape index (κ3) is 9.57. The summed E-state index contributed by atoms with van der Waals surface area (Å²) in [5.41, 5.74) is 0. The highest BCUT2D eigenvalue weighted by Gasteiger charge is 2.15. The normalized spacial score (nSPS) is 17.9. The smallest absolute Gasteiger partial charge is 0.191 e. The molecule has 2 rings (SSSR count). The molecule has 27 heavy (non-hydrogen) atoms. The highest BCUT2D eigenvalue weighted by atomic mass is 127. The molecule has 2 unspecified atom stereocenters. The van der Waals surface area contributed by atoms with Crippen molar-refractivity contribution >= 4 is 29.9 Å². The lowest BCUT2D eigenvalue weighted by molar-refractivity contribution is 0.0168. The van der Waals surface area contributed by atoms with Crippen LogP contribution in [-0.4, -0.2) is 58.1 Å². The van der Waals surface area contributed by atoms with Crippen molar-refractivity contribution < 1.29 is 18.6 Å². The van der Waals surface area contributed by atoms with E-state index >= 15 is 0 Å². The summed E-state index contributed by atoms with van der Waals surface area (Å²) in [5.74, 6) is 0.589. The van der Waals surface area contributed by atoms with Gasteiger partial charge in [-0.3, -0.25) is 4.99 Å². The van der Waals surface area contributed by atoms with Crippen LogP contribution in [0, 0.1) is 5.82 Å². The molecule has 2 N–H and O–H groups in total. The quantitative estimate of drug-likeness (QED) is 0.226. The Bertz CT molecular complexity index is 557. The standard InChI is InChI=1S/C19H30FN3O3.HI/c1-15(26-18-9-4-3-8-17(18)20)13-23-19(21-2)22-10-6-11-24-14-16-7-5-12-25-16;/h3-4,8-9,15-16H,5-7,10-14H2,1-2H3,(H2,21,22,23);1H. The van der Waals surface area contributed by atoms with Gasteiger partial charge in [0, 0.05) is 26.8 Å². The van der Waals surface area contributed by atoms with E-state index in [9.17, 15) is 4.39 Å². The number of hydrogen-bond acceptors (Lipinski definition) is 4. The molecule has 1 aliphatic rings. The number of guanidine groups is 1. The average molecular weight is 495 g/mol. The molecule has 1 aromatic rings. The van der Waals surface area contributed by atoms with Crippen LogP contribution >= 0.6 is 24.0 Å². The maximum Gasteiger partial charge on any atom is 0.191 e. The SMILES string of the molecule is CN=C(NCCCOCC1CCCO1)NCC(C)Oc1ccccc1F.I. The molecular weight excluding hydrogens is 464 g/mol. The highest BCUT2D eigenvalue weighted by molar-refractivity contribution is 14.0. The fourth-order valence-corrected chi connectivity index (χ4v) is 2.63. The number of halogens is 2. The van der Waals surface area contributed by atoms with E-state index in [1.807, 2.05) is 6.92 Å². The molecule has 0 spiro atoms. The first-order valence-electron chi connectivity index (χ1n) is 9.24. The fourth-order valence-electron chi connectivity index (χ4n) is 2.63. The molecular formula is C19H31FIN3O3. The van der Waals surface area contributed by atoms with Gasteiger partial charge in [-0.05, 0) is 38.3 Å².